The molecule has 1 amide bonds. The lowest BCUT2D eigenvalue weighted by Crippen LogP contribution is -2.49. The Labute approximate surface area is 152 Å². The largest absolute Gasteiger partial charge is 0.368 e. The lowest BCUT2D eigenvalue weighted by Gasteiger charge is -2.36. The molecule has 0 spiro atoms. The number of rotatable bonds is 2. The number of aromatic nitrogens is 1. The van der Waals surface area contributed by atoms with Crippen molar-refractivity contribution in [1.82, 2.24) is 9.47 Å². The molecule has 1 aromatic heterocycles. The van der Waals surface area contributed by atoms with Gasteiger partial charge in [-0.2, -0.15) is 0 Å². The highest BCUT2D eigenvalue weighted by Gasteiger charge is 2.24. The summed E-state index contributed by atoms with van der Waals surface area (Å²) in [5.74, 6) is -0.177. The minimum atomic E-state index is -0.186. The third-order valence-electron chi connectivity index (χ3n) is 5.01. The molecule has 0 saturated carbocycles. The second kappa shape index (κ2) is 6.67. The third-order valence-corrected chi connectivity index (χ3v) is 5.01. The Morgan fingerprint density at radius 1 is 0.885 bits per heavy atom. The van der Waals surface area contributed by atoms with Crippen molar-refractivity contribution in [2.75, 3.05) is 31.1 Å². The maximum atomic E-state index is 13.0. The van der Waals surface area contributed by atoms with E-state index in [1.165, 1.54) is 5.69 Å². The number of hydrogen-bond acceptors (Lipinski definition) is 3. The first-order chi connectivity index (χ1) is 12.6. The predicted molar refractivity (Wildman–Crippen MR) is 104 cm³/mol. The van der Waals surface area contributed by atoms with Crippen LogP contribution in [0.4, 0.5) is 5.69 Å². The van der Waals surface area contributed by atoms with E-state index >= 15 is 0 Å². The molecule has 0 unspecified atom stereocenters. The van der Waals surface area contributed by atoms with Crippen LogP contribution in [0, 0.1) is 0 Å². The topological polar surface area (TPSA) is 45.6 Å². The normalized spacial score (nSPS) is 14.7. The molecular formula is C21H21N3O2. The number of para-hydroxylation sites is 2. The molecule has 3 aromatic rings. The molecule has 1 aliphatic rings. The van der Waals surface area contributed by atoms with Crippen LogP contribution in [-0.4, -0.2) is 41.6 Å². The van der Waals surface area contributed by atoms with Crippen LogP contribution in [0.5, 0.6) is 0 Å². The summed E-state index contributed by atoms with van der Waals surface area (Å²) < 4.78 is 1.85. The van der Waals surface area contributed by atoms with Gasteiger partial charge in [0.1, 0.15) is 5.56 Å². The second-order valence-corrected chi connectivity index (χ2v) is 6.61. The van der Waals surface area contributed by atoms with Crippen molar-refractivity contribution in [1.29, 1.82) is 0 Å². The summed E-state index contributed by atoms with van der Waals surface area (Å²) in [4.78, 5) is 29.8. The number of anilines is 1. The fourth-order valence-electron chi connectivity index (χ4n) is 3.57. The summed E-state index contributed by atoms with van der Waals surface area (Å²) >= 11 is 0. The average molecular weight is 347 g/mol. The zero-order valence-electron chi connectivity index (χ0n) is 14.8. The predicted octanol–water partition coefficient (Wildman–Crippen LogP) is 2.50. The molecule has 2 aromatic carbocycles. The minimum Gasteiger partial charge on any atom is -0.368 e. The van der Waals surface area contributed by atoms with Crippen molar-refractivity contribution in [2.45, 2.75) is 0 Å². The first kappa shape index (κ1) is 16.4. The van der Waals surface area contributed by atoms with Gasteiger partial charge in [0, 0.05) is 50.5 Å². The number of hydrogen-bond donors (Lipinski definition) is 0. The van der Waals surface area contributed by atoms with Crippen molar-refractivity contribution in [3.05, 3.63) is 76.6 Å². The molecule has 4 rings (SSSR count). The molecule has 26 heavy (non-hydrogen) atoms. The molecule has 132 valence electrons. The van der Waals surface area contributed by atoms with Crippen molar-refractivity contribution in [2.24, 2.45) is 7.05 Å². The summed E-state index contributed by atoms with van der Waals surface area (Å²) in [7, 11) is 1.87. The van der Waals surface area contributed by atoms with E-state index in [0.717, 1.165) is 18.6 Å². The van der Waals surface area contributed by atoms with E-state index in [9.17, 15) is 9.59 Å². The van der Waals surface area contributed by atoms with Crippen LogP contribution in [0.2, 0.25) is 0 Å². The van der Waals surface area contributed by atoms with E-state index in [2.05, 4.69) is 17.0 Å². The van der Waals surface area contributed by atoms with E-state index < -0.39 is 0 Å². The minimum absolute atomic E-state index is 0.177. The van der Waals surface area contributed by atoms with Crippen molar-refractivity contribution in [3.8, 4) is 0 Å². The molecule has 2 heterocycles. The van der Waals surface area contributed by atoms with Crippen LogP contribution in [-0.2, 0) is 7.05 Å². The molecule has 0 radical (unpaired) electrons. The fraction of sp³-hybridized carbons (Fsp3) is 0.238. The Bertz CT molecular complexity index is 1000. The van der Waals surface area contributed by atoms with Gasteiger partial charge >= 0.3 is 0 Å². The Morgan fingerprint density at radius 2 is 1.54 bits per heavy atom. The van der Waals surface area contributed by atoms with Crippen molar-refractivity contribution < 1.29 is 4.79 Å². The Balaban J connectivity index is 1.57. The van der Waals surface area contributed by atoms with Gasteiger partial charge in [0.15, 0.2) is 0 Å². The molecule has 0 N–H and O–H groups in total. The number of amides is 1. The molecule has 0 atom stereocenters. The van der Waals surface area contributed by atoms with Gasteiger partial charge in [-0.15, -0.1) is 0 Å². The number of carbonyl (C=O) groups excluding carboxylic acids is 1. The Morgan fingerprint density at radius 3 is 2.27 bits per heavy atom. The van der Waals surface area contributed by atoms with Gasteiger partial charge in [0.25, 0.3) is 5.91 Å². The quantitative estimate of drug-likeness (QED) is 0.715. The molecule has 0 bridgehead atoms. The number of pyridine rings is 1. The smallest absolute Gasteiger partial charge is 0.259 e. The number of aryl methyl sites for hydroxylation is 1. The van der Waals surface area contributed by atoms with Crippen LogP contribution in [0.1, 0.15) is 10.4 Å². The summed E-state index contributed by atoms with van der Waals surface area (Å²) in [5, 5.41) is 0.587. The van der Waals surface area contributed by atoms with E-state index in [1.54, 1.807) is 17.2 Å². The highest BCUT2D eigenvalue weighted by atomic mass is 16.2. The maximum Gasteiger partial charge on any atom is 0.259 e. The van der Waals surface area contributed by atoms with Gasteiger partial charge in [0.05, 0.1) is 5.52 Å². The van der Waals surface area contributed by atoms with E-state index in [-0.39, 0.29) is 16.9 Å². The molecule has 5 nitrogen and oxygen atoms in total. The first-order valence-corrected chi connectivity index (χ1v) is 8.83. The average Bonchev–Trinajstić information content (AvgIpc) is 2.71. The van der Waals surface area contributed by atoms with Gasteiger partial charge in [0.2, 0.25) is 5.43 Å². The second-order valence-electron chi connectivity index (χ2n) is 6.61. The van der Waals surface area contributed by atoms with Crippen LogP contribution in [0.3, 0.4) is 0 Å². The lowest BCUT2D eigenvalue weighted by molar-refractivity contribution is 0.0745. The molecule has 0 aliphatic carbocycles. The maximum absolute atomic E-state index is 13.0. The van der Waals surface area contributed by atoms with Crippen molar-refractivity contribution in [3.63, 3.8) is 0 Å². The first-order valence-electron chi connectivity index (χ1n) is 8.83. The van der Waals surface area contributed by atoms with Crippen LogP contribution in [0.15, 0.2) is 65.6 Å². The van der Waals surface area contributed by atoms with Gasteiger partial charge in [-0.3, -0.25) is 9.59 Å². The van der Waals surface area contributed by atoms with Crippen LogP contribution < -0.4 is 10.3 Å². The molecular weight excluding hydrogens is 326 g/mol. The van der Waals surface area contributed by atoms with Gasteiger partial charge in [-0.25, -0.2) is 0 Å². The number of carbonyl (C=O) groups is 1. The lowest BCUT2D eigenvalue weighted by atomic mass is 10.1. The van der Waals surface area contributed by atoms with E-state index in [1.807, 2.05) is 48.0 Å². The SMILES string of the molecule is Cn1cc(C(=O)N2CCN(c3ccccc3)CC2)c(=O)c2ccccc21. The number of piperazine rings is 1. The molecule has 1 fully saturated rings. The van der Waals surface area contributed by atoms with Crippen LogP contribution in [0.25, 0.3) is 10.9 Å². The fourth-order valence-corrected chi connectivity index (χ4v) is 3.57. The standard InChI is InChI=1S/C21H21N3O2/c1-22-15-18(20(25)17-9-5-6-10-19(17)22)21(26)24-13-11-23(12-14-24)16-7-3-2-4-8-16/h2-10,15H,11-14H2,1H3. The van der Waals surface area contributed by atoms with Gasteiger partial charge in [-0.05, 0) is 24.3 Å². The van der Waals surface area contributed by atoms with Crippen molar-refractivity contribution >= 4 is 22.5 Å². The number of fused-ring (bicyclic) bond motifs is 1. The highest BCUT2D eigenvalue weighted by molar-refractivity contribution is 5.97. The zero-order chi connectivity index (χ0) is 18.1. The van der Waals surface area contributed by atoms with Crippen LogP contribution >= 0.6 is 0 Å². The number of nitrogens with zero attached hydrogens (tertiary/aromatic N) is 3. The monoisotopic (exact) mass is 347 g/mol. The summed E-state index contributed by atoms with van der Waals surface area (Å²) in [6, 6.07) is 17.6. The summed E-state index contributed by atoms with van der Waals surface area (Å²) in [6.45, 7) is 2.76. The zero-order valence-corrected chi connectivity index (χ0v) is 14.8. The summed E-state index contributed by atoms with van der Waals surface area (Å²) in [5.41, 5.74) is 2.07. The molecule has 5 heteroatoms. The van der Waals surface area contributed by atoms with Gasteiger partial charge in [-0.1, -0.05) is 30.3 Å². The Kier molecular flexibility index (Phi) is 4.21. The summed E-state index contributed by atoms with van der Waals surface area (Å²) in [6.07, 6.45) is 1.66. The number of benzene rings is 2. The highest BCUT2D eigenvalue weighted by Crippen LogP contribution is 2.17. The van der Waals surface area contributed by atoms with E-state index in [4.69, 9.17) is 0 Å². The molecule has 1 aliphatic heterocycles. The third kappa shape index (κ3) is 2.86. The van der Waals surface area contributed by atoms with Gasteiger partial charge < -0.3 is 14.4 Å². The Hall–Kier alpha value is -3.08. The van der Waals surface area contributed by atoms with E-state index in [0.29, 0.717) is 18.5 Å². The molecule has 1 saturated heterocycles.